The summed E-state index contributed by atoms with van der Waals surface area (Å²) in [6.45, 7) is 11.0. The SMILES string of the molecule is CCc1c(C)c2c3c(cc(C)n3CCN2C)c1-c1cc(F)c2c(c1C)CCCC2. The average molecular weight is 391 g/mol. The van der Waals surface area contributed by atoms with Crippen LogP contribution < -0.4 is 4.90 Å². The summed E-state index contributed by atoms with van der Waals surface area (Å²) in [7, 11) is 2.20. The van der Waals surface area contributed by atoms with E-state index in [1.165, 1.54) is 56.5 Å². The Morgan fingerprint density at radius 3 is 2.41 bits per heavy atom. The smallest absolute Gasteiger partial charge is 0.127 e. The number of rotatable bonds is 2. The number of hydrogen-bond acceptors (Lipinski definition) is 1. The van der Waals surface area contributed by atoms with Gasteiger partial charge in [-0.3, -0.25) is 0 Å². The number of hydrogen-bond donors (Lipinski definition) is 0. The molecule has 1 aliphatic carbocycles. The molecule has 1 aromatic heterocycles. The van der Waals surface area contributed by atoms with Crippen LogP contribution >= 0.6 is 0 Å². The van der Waals surface area contributed by atoms with Gasteiger partial charge in [-0.2, -0.15) is 0 Å². The maximum absolute atomic E-state index is 15.2. The normalized spacial score (nSPS) is 15.9. The van der Waals surface area contributed by atoms with E-state index < -0.39 is 0 Å². The number of nitrogens with zero attached hydrogens (tertiary/aromatic N) is 2. The highest BCUT2D eigenvalue weighted by Crippen LogP contribution is 2.46. The maximum Gasteiger partial charge on any atom is 0.127 e. The van der Waals surface area contributed by atoms with Gasteiger partial charge in [0.05, 0.1) is 11.2 Å². The number of likely N-dealkylation sites (N-methyl/N-ethyl adjacent to an activating group) is 1. The number of aryl methyl sites for hydroxylation is 1. The topological polar surface area (TPSA) is 8.17 Å². The number of benzene rings is 2. The van der Waals surface area contributed by atoms with Gasteiger partial charge in [0.15, 0.2) is 0 Å². The number of fused-ring (bicyclic) bond motifs is 1. The summed E-state index contributed by atoms with van der Waals surface area (Å²) in [5.41, 5.74) is 12.6. The lowest BCUT2D eigenvalue weighted by Gasteiger charge is -2.32. The van der Waals surface area contributed by atoms with Gasteiger partial charge in [-0.25, -0.2) is 4.39 Å². The maximum atomic E-state index is 15.2. The zero-order valence-electron chi connectivity index (χ0n) is 18.4. The van der Waals surface area contributed by atoms with Crippen LogP contribution in [0.2, 0.25) is 0 Å². The van der Waals surface area contributed by atoms with Crippen molar-refractivity contribution in [3.8, 4) is 11.1 Å². The van der Waals surface area contributed by atoms with Gasteiger partial charge in [-0.05, 0) is 104 Å². The number of anilines is 1. The molecule has 0 amide bonds. The molecule has 5 rings (SSSR count). The highest BCUT2D eigenvalue weighted by molar-refractivity contribution is 6.07. The summed E-state index contributed by atoms with van der Waals surface area (Å²) >= 11 is 0. The second-order valence-electron chi connectivity index (χ2n) is 9.00. The van der Waals surface area contributed by atoms with Crippen LogP contribution in [0, 0.1) is 26.6 Å². The van der Waals surface area contributed by atoms with Gasteiger partial charge in [-0.1, -0.05) is 6.92 Å². The Hall–Kier alpha value is -2.29. The van der Waals surface area contributed by atoms with Crippen LogP contribution in [0.3, 0.4) is 0 Å². The van der Waals surface area contributed by atoms with Crippen molar-refractivity contribution in [1.82, 2.24) is 4.57 Å². The van der Waals surface area contributed by atoms with Crippen molar-refractivity contribution in [2.24, 2.45) is 0 Å². The molecule has 0 saturated heterocycles. The van der Waals surface area contributed by atoms with E-state index in [0.29, 0.717) is 0 Å². The molecule has 0 saturated carbocycles. The van der Waals surface area contributed by atoms with Crippen LogP contribution in [-0.4, -0.2) is 18.2 Å². The third kappa shape index (κ3) is 2.52. The average Bonchev–Trinajstić information content (AvgIpc) is 3.04. The van der Waals surface area contributed by atoms with Crippen LogP contribution in [0.5, 0.6) is 0 Å². The Morgan fingerprint density at radius 2 is 1.69 bits per heavy atom. The van der Waals surface area contributed by atoms with Gasteiger partial charge in [-0.15, -0.1) is 0 Å². The molecular weight excluding hydrogens is 359 g/mol. The Balaban J connectivity index is 1.92. The van der Waals surface area contributed by atoms with Gasteiger partial charge in [0, 0.05) is 31.2 Å². The first-order valence-corrected chi connectivity index (χ1v) is 11.1. The van der Waals surface area contributed by atoms with E-state index in [2.05, 4.69) is 50.3 Å². The standard InChI is InChI=1S/C26H31FN2/c1-6-18-17(4)25-26-22(13-15(2)29(26)12-11-28(25)5)24(18)21-14-23(27)20-10-8-7-9-19(20)16(21)3/h13-14H,6-12H2,1-5H3. The molecule has 2 aromatic carbocycles. The quantitative estimate of drug-likeness (QED) is 0.501. The van der Waals surface area contributed by atoms with Gasteiger partial charge < -0.3 is 9.47 Å². The molecule has 2 nitrogen and oxygen atoms in total. The fourth-order valence-electron chi connectivity index (χ4n) is 5.99. The first-order chi connectivity index (χ1) is 13.9. The molecule has 0 fully saturated rings. The minimum Gasteiger partial charge on any atom is -0.371 e. The molecule has 2 heterocycles. The van der Waals surface area contributed by atoms with Crippen molar-refractivity contribution >= 4 is 16.6 Å². The molecule has 3 heteroatoms. The fourth-order valence-corrected chi connectivity index (χ4v) is 5.99. The first-order valence-electron chi connectivity index (χ1n) is 11.1. The Labute approximate surface area is 173 Å². The second-order valence-corrected chi connectivity index (χ2v) is 9.00. The first kappa shape index (κ1) is 18.7. The Morgan fingerprint density at radius 1 is 0.966 bits per heavy atom. The number of halogens is 1. The molecule has 0 spiro atoms. The van der Waals surface area contributed by atoms with Crippen LogP contribution in [0.15, 0.2) is 12.1 Å². The molecular formula is C26H31FN2. The molecule has 0 radical (unpaired) electrons. The van der Waals surface area contributed by atoms with Crippen molar-refractivity contribution in [2.45, 2.75) is 66.3 Å². The molecule has 0 bridgehead atoms. The third-order valence-corrected chi connectivity index (χ3v) is 7.45. The highest BCUT2D eigenvalue weighted by Gasteiger charge is 2.28. The van der Waals surface area contributed by atoms with Gasteiger partial charge in [0.2, 0.25) is 0 Å². The summed E-state index contributed by atoms with van der Waals surface area (Å²) in [4.78, 5) is 2.40. The minimum absolute atomic E-state index is 0.00222. The van der Waals surface area contributed by atoms with E-state index in [4.69, 9.17) is 0 Å². The van der Waals surface area contributed by atoms with Crippen LogP contribution in [0.4, 0.5) is 10.1 Å². The highest BCUT2D eigenvalue weighted by atomic mass is 19.1. The van der Waals surface area contributed by atoms with Crippen molar-refractivity contribution in [3.63, 3.8) is 0 Å². The van der Waals surface area contributed by atoms with Crippen molar-refractivity contribution in [2.75, 3.05) is 18.5 Å². The summed E-state index contributed by atoms with van der Waals surface area (Å²) in [6, 6.07) is 4.18. The molecule has 152 valence electrons. The summed E-state index contributed by atoms with van der Waals surface area (Å²) in [5.74, 6) is -0.00222. The zero-order valence-corrected chi connectivity index (χ0v) is 18.4. The largest absolute Gasteiger partial charge is 0.371 e. The fraction of sp³-hybridized carbons (Fsp3) is 0.462. The van der Waals surface area contributed by atoms with Crippen LogP contribution in [0.1, 0.15) is 53.3 Å². The lowest BCUT2D eigenvalue weighted by molar-refractivity contribution is 0.577. The van der Waals surface area contributed by atoms with Gasteiger partial charge in [0.25, 0.3) is 0 Å². The summed E-state index contributed by atoms with van der Waals surface area (Å²) < 4.78 is 17.7. The van der Waals surface area contributed by atoms with Crippen molar-refractivity contribution in [3.05, 3.63) is 51.5 Å². The molecule has 2 aliphatic rings. The molecule has 3 aromatic rings. The van der Waals surface area contributed by atoms with Gasteiger partial charge >= 0.3 is 0 Å². The summed E-state index contributed by atoms with van der Waals surface area (Å²) in [6.07, 6.45) is 5.13. The van der Waals surface area contributed by atoms with E-state index in [1.54, 1.807) is 0 Å². The predicted molar refractivity (Wildman–Crippen MR) is 121 cm³/mol. The third-order valence-electron chi connectivity index (χ3n) is 7.45. The van der Waals surface area contributed by atoms with Crippen molar-refractivity contribution < 1.29 is 4.39 Å². The van der Waals surface area contributed by atoms with E-state index >= 15 is 4.39 Å². The molecule has 1 aliphatic heterocycles. The summed E-state index contributed by atoms with van der Waals surface area (Å²) in [5, 5.41) is 1.30. The Kier molecular flexibility index (Phi) is 4.27. The van der Waals surface area contributed by atoms with Crippen LogP contribution in [0.25, 0.3) is 22.0 Å². The van der Waals surface area contributed by atoms with Crippen LogP contribution in [-0.2, 0) is 25.8 Å². The lowest BCUT2D eigenvalue weighted by atomic mass is 9.81. The molecule has 29 heavy (non-hydrogen) atoms. The number of aromatic nitrogens is 1. The van der Waals surface area contributed by atoms with E-state index in [-0.39, 0.29) is 5.82 Å². The van der Waals surface area contributed by atoms with Gasteiger partial charge in [0.1, 0.15) is 5.82 Å². The minimum atomic E-state index is -0.00222. The predicted octanol–water partition coefficient (Wildman–Crippen LogP) is 6.26. The zero-order chi connectivity index (χ0) is 20.4. The van der Waals surface area contributed by atoms with Crippen molar-refractivity contribution in [1.29, 1.82) is 0 Å². The van der Waals surface area contributed by atoms with E-state index in [0.717, 1.165) is 49.9 Å². The lowest BCUT2D eigenvalue weighted by Crippen LogP contribution is -2.29. The monoisotopic (exact) mass is 390 g/mol. The second kappa shape index (κ2) is 6.62. The van der Waals surface area contributed by atoms with E-state index in [1.807, 2.05) is 6.07 Å². The molecule has 0 atom stereocenters. The molecule has 0 N–H and O–H groups in total. The van der Waals surface area contributed by atoms with E-state index in [9.17, 15) is 0 Å². The Bertz CT molecular complexity index is 1150. The molecule has 0 unspecified atom stereocenters.